The zero-order chi connectivity index (χ0) is 19.7. The molecule has 1 fully saturated rings. The highest BCUT2D eigenvalue weighted by Gasteiger charge is 2.52. The molecule has 0 aliphatic carbocycles. The number of thioether (sulfide) groups is 1. The summed E-state index contributed by atoms with van der Waals surface area (Å²) in [6.45, 7) is 9.21. The van der Waals surface area contributed by atoms with E-state index in [0.29, 0.717) is 22.5 Å². The summed E-state index contributed by atoms with van der Waals surface area (Å²) < 4.78 is 12.1. The highest BCUT2D eigenvalue weighted by atomic mass is 32.2. The quantitative estimate of drug-likeness (QED) is 0.600. The SMILES string of the molecule is CC(=O)SCC(=Cc1c(N)cccc1C(=O)O)B1OC(C)(C)C(C)(C)O1. The maximum absolute atomic E-state index is 11.5. The van der Waals surface area contributed by atoms with Crippen LogP contribution in [0.15, 0.2) is 23.7 Å². The molecule has 6 nitrogen and oxygen atoms in total. The van der Waals surface area contributed by atoms with Crippen molar-refractivity contribution in [1.82, 2.24) is 0 Å². The zero-order valence-corrected chi connectivity index (χ0v) is 16.5. The van der Waals surface area contributed by atoms with Gasteiger partial charge in [0.05, 0.1) is 16.8 Å². The van der Waals surface area contributed by atoms with E-state index in [9.17, 15) is 14.7 Å². The molecule has 1 aromatic carbocycles. The molecule has 1 aromatic rings. The third-order valence-corrected chi connectivity index (χ3v) is 5.58. The number of carboxylic acids is 1. The van der Waals surface area contributed by atoms with E-state index in [2.05, 4.69) is 0 Å². The maximum atomic E-state index is 11.5. The molecule has 1 aliphatic heterocycles. The number of carboxylic acid groups (broad SMARTS) is 1. The van der Waals surface area contributed by atoms with E-state index in [0.717, 1.165) is 11.8 Å². The predicted molar refractivity (Wildman–Crippen MR) is 105 cm³/mol. The molecule has 0 saturated carbocycles. The van der Waals surface area contributed by atoms with Gasteiger partial charge < -0.3 is 20.1 Å². The second kappa shape index (κ2) is 7.46. The lowest BCUT2D eigenvalue weighted by Gasteiger charge is -2.32. The van der Waals surface area contributed by atoms with Crippen LogP contribution in [0.1, 0.15) is 50.5 Å². The summed E-state index contributed by atoms with van der Waals surface area (Å²) in [6, 6.07) is 4.72. The number of nitrogens with two attached hydrogens (primary N) is 1. The largest absolute Gasteiger partial charge is 0.491 e. The van der Waals surface area contributed by atoms with E-state index in [1.807, 2.05) is 27.7 Å². The van der Waals surface area contributed by atoms with Crippen LogP contribution in [0.4, 0.5) is 5.69 Å². The summed E-state index contributed by atoms with van der Waals surface area (Å²) in [6.07, 6.45) is 1.66. The number of benzene rings is 1. The molecule has 0 amide bonds. The number of anilines is 1. The van der Waals surface area contributed by atoms with Gasteiger partial charge in [-0.15, -0.1) is 0 Å². The maximum Gasteiger partial charge on any atom is 0.491 e. The van der Waals surface area contributed by atoms with Gasteiger partial charge in [-0.2, -0.15) is 0 Å². The van der Waals surface area contributed by atoms with Crippen molar-refractivity contribution in [3.8, 4) is 0 Å². The van der Waals surface area contributed by atoms with Gasteiger partial charge in [-0.05, 0) is 45.3 Å². The Kier molecular flexibility index (Phi) is 5.90. The van der Waals surface area contributed by atoms with Crippen LogP contribution in [-0.2, 0) is 14.1 Å². The number of hydrogen-bond donors (Lipinski definition) is 2. The molecule has 1 heterocycles. The molecular weight excluding hydrogens is 353 g/mol. The van der Waals surface area contributed by atoms with Gasteiger partial charge in [-0.3, -0.25) is 4.79 Å². The van der Waals surface area contributed by atoms with Gasteiger partial charge in [0.2, 0.25) is 0 Å². The van der Waals surface area contributed by atoms with Crippen LogP contribution < -0.4 is 5.73 Å². The third-order valence-electron chi connectivity index (χ3n) is 4.70. The van der Waals surface area contributed by atoms with Crippen LogP contribution in [-0.4, -0.2) is 40.3 Å². The third kappa shape index (κ3) is 4.31. The normalized spacial score (nSPS) is 18.8. The number of carbonyl (C=O) groups excluding carboxylic acids is 1. The minimum absolute atomic E-state index is 0.0492. The second-order valence-electron chi connectivity index (χ2n) is 7.20. The first kappa shape index (κ1) is 20.5. The molecule has 2 rings (SSSR count). The lowest BCUT2D eigenvalue weighted by atomic mass is 9.77. The van der Waals surface area contributed by atoms with Crippen molar-refractivity contribution in [1.29, 1.82) is 0 Å². The highest BCUT2D eigenvalue weighted by Crippen LogP contribution is 2.39. The Hall–Kier alpha value is -1.77. The van der Waals surface area contributed by atoms with Crippen molar-refractivity contribution >= 4 is 41.7 Å². The molecule has 26 heavy (non-hydrogen) atoms. The molecule has 0 aromatic heterocycles. The molecule has 0 bridgehead atoms. The Balaban J connectivity index is 2.49. The van der Waals surface area contributed by atoms with Gasteiger partial charge in [-0.25, -0.2) is 4.79 Å². The van der Waals surface area contributed by atoms with Crippen LogP contribution in [0, 0.1) is 0 Å². The van der Waals surface area contributed by atoms with E-state index in [1.54, 1.807) is 18.2 Å². The number of nitrogen functional groups attached to an aromatic ring is 1. The molecule has 0 unspecified atom stereocenters. The fraction of sp³-hybridized carbons (Fsp3) is 0.444. The van der Waals surface area contributed by atoms with Crippen molar-refractivity contribution in [2.45, 2.75) is 45.8 Å². The fourth-order valence-corrected chi connectivity index (χ4v) is 3.06. The Morgan fingerprint density at radius 3 is 2.31 bits per heavy atom. The molecule has 8 heteroatoms. The summed E-state index contributed by atoms with van der Waals surface area (Å²) >= 11 is 1.11. The van der Waals surface area contributed by atoms with Gasteiger partial charge in [0.25, 0.3) is 0 Å². The summed E-state index contributed by atoms with van der Waals surface area (Å²) in [4.78, 5) is 23.0. The van der Waals surface area contributed by atoms with Crippen LogP contribution in [0.3, 0.4) is 0 Å². The van der Waals surface area contributed by atoms with Crippen LogP contribution in [0.25, 0.3) is 6.08 Å². The van der Waals surface area contributed by atoms with Crippen molar-refractivity contribution in [3.05, 3.63) is 34.8 Å². The molecule has 3 N–H and O–H groups in total. The van der Waals surface area contributed by atoms with E-state index in [1.165, 1.54) is 13.0 Å². The first-order valence-electron chi connectivity index (χ1n) is 8.26. The van der Waals surface area contributed by atoms with Crippen molar-refractivity contribution in [2.75, 3.05) is 11.5 Å². The minimum Gasteiger partial charge on any atom is -0.478 e. The molecule has 1 saturated heterocycles. The van der Waals surface area contributed by atoms with Gasteiger partial charge in [0.1, 0.15) is 0 Å². The van der Waals surface area contributed by atoms with E-state index in [-0.39, 0.29) is 10.7 Å². The molecule has 0 atom stereocenters. The number of aromatic carboxylic acids is 1. The van der Waals surface area contributed by atoms with Gasteiger partial charge in [0, 0.05) is 23.9 Å². The van der Waals surface area contributed by atoms with Crippen molar-refractivity contribution in [2.24, 2.45) is 0 Å². The summed E-state index contributed by atoms with van der Waals surface area (Å²) in [5, 5.41) is 9.40. The van der Waals surface area contributed by atoms with Gasteiger partial charge in [-0.1, -0.05) is 23.9 Å². The first-order chi connectivity index (χ1) is 11.9. The van der Waals surface area contributed by atoms with E-state index in [4.69, 9.17) is 15.0 Å². The van der Waals surface area contributed by atoms with Crippen LogP contribution >= 0.6 is 11.8 Å². The topological polar surface area (TPSA) is 98.9 Å². The molecule has 140 valence electrons. The summed E-state index contributed by atoms with van der Waals surface area (Å²) in [7, 11) is -0.687. The van der Waals surface area contributed by atoms with E-state index >= 15 is 0 Å². The predicted octanol–water partition coefficient (Wildman–Crippen LogP) is 3.26. The molecule has 0 spiro atoms. The number of carbonyl (C=O) groups is 2. The van der Waals surface area contributed by atoms with Gasteiger partial charge >= 0.3 is 13.1 Å². The Morgan fingerprint density at radius 2 is 1.81 bits per heavy atom. The summed E-state index contributed by atoms with van der Waals surface area (Å²) in [5.41, 5.74) is 6.38. The van der Waals surface area contributed by atoms with Crippen LogP contribution in [0.2, 0.25) is 0 Å². The Morgan fingerprint density at radius 1 is 1.23 bits per heavy atom. The van der Waals surface area contributed by atoms with Gasteiger partial charge in [0.15, 0.2) is 5.12 Å². The first-order valence-corrected chi connectivity index (χ1v) is 9.24. The standard InChI is InChI=1S/C18H24BNO5S/c1-11(21)26-10-12(19-24-17(2,3)18(4,5)25-19)9-14-13(16(22)23)7-6-8-15(14)20/h6-9H,10,20H2,1-5H3,(H,22,23). The number of rotatable bonds is 5. The Labute approximate surface area is 158 Å². The molecule has 0 radical (unpaired) electrons. The minimum atomic E-state index is -1.07. The molecular formula is C18H24BNO5S. The lowest BCUT2D eigenvalue weighted by molar-refractivity contribution is -0.109. The zero-order valence-electron chi connectivity index (χ0n) is 15.7. The average Bonchev–Trinajstić information content (AvgIpc) is 2.72. The fourth-order valence-electron chi connectivity index (χ4n) is 2.47. The van der Waals surface area contributed by atoms with E-state index < -0.39 is 24.3 Å². The Bertz CT molecular complexity index is 744. The van der Waals surface area contributed by atoms with Crippen LogP contribution in [0.5, 0.6) is 0 Å². The molecule has 1 aliphatic rings. The average molecular weight is 377 g/mol. The van der Waals surface area contributed by atoms with Crippen molar-refractivity contribution in [3.63, 3.8) is 0 Å². The van der Waals surface area contributed by atoms with Crippen molar-refractivity contribution < 1.29 is 24.0 Å². The monoisotopic (exact) mass is 377 g/mol. The summed E-state index contributed by atoms with van der Waals surface area (Å²) in [5.74, 6) is -0.754. The second-order valence-corrected chi connectivity index (χ2v) is 8.35. The number of hydrogen-bond acceptors (Lipinski definition) is 6. The lowest BCUT2D eigenvalue weighted by Crippen LogP contribution is -2.41. The smallest absolute Gasteiger partial charge is 0.478 e. The highest BCUT2D eigenvalue weighted by molar-refractivity contribution is 8.13.